The van der Waals surface area contributed by atoms with E-state index in [9.17, 15) is 14.7 Å². The summed E-state index contributed by atoms with van der Waals surface area (Å²) in [6.07, 6.45) is 3.30. The maximum absolute atomic E-state index is 12.4. The van der Waals surface area contributed by atoms with Gasteiger partial charge in [0, 0.05) is 37.9 Å². The summed E-state index contributed by atoms with van der Waals surface area (Å²) in [4.78, 5) is 27.8. The van der Waals surface area contributed by atoms with Gasteiger partial charge in [-0.15, -0.1) is 0 Å². The summed E-state index contributed by atoms with van der Waals surface area (Å²) in [6, 6.07) is 14.0. The van der Waals surface area contributed by atoms with Crippen molar-refractivity contribution in [3.05, 3.63) is 65.7 Å². The summed E-state index contributed by atoms with van der Waals surface area (Å²) in [5.74, 6) is -0.164. The Kier molecular flexibility index (Phi) is 5.76. The number of esters is 1. The summed E-state index contributed by atoms with van der Waals surface area (Å²) in [5, 5.41) is 9.38. The van der Waals surface area contributed by atoms with Gasteiger partial charge in [0.05, 0.1) is 12.7 Å². The first kappa shape index (κ1) is 18.5. The molecule has 1 fully saturated rings. The van der Waals surface area contributed by atoms with Crippen LogP contribution in [-0.2, 0) is 9.53 Å². The van der Waals surface area contributed by atoms with Gasteiger partial charge in [-0.1, -0.05) is 12.1 Å². The first-order chi connectivity index (χ1) is 13.1. The molecule has 3 rings (SSSR count). The number of hydrogen-bond donors (Lipinski definition) is 1. The predicted octanol–water partition coefficient (Wildman–Crippen LogP) is 2.54. The molecule has 0 spiro atoms. The maximum Gasteiger partial charge on any atom is 0.337 e. The molecule has 0 aliphatic carbocycles. The van der Waals surface area contributed by atoms with Crippen molar-refractivity contribution >= 4 is 23.6 Å². The van der Waals surface area contributed by atoms with Gasteiger partial charge in [0.25, 0.3) is 0 Å². The number of ether oxygens (including phenoxy) is 1. The van der Waals surface area contributed by atoms with Gasteiger partial charge < -0.3 is 19.6 Å². The highest BCUT2D eigenvalue weighted by molar-refractivity contribution is 5.92. The Bertz CT molecular complexity index is 820. The normalized spacial score (nSPS) is 14.4. The molecule has 1 saturated heterocycles. The Labute approximate surface area is 158 Å². The van der Waals surface area contributed by atoms with E-state index in [1.165, 1.54) is 7.11 Å². The summed E-state index contributed by atoms with van der Waals surface area (Å²) in [6.45, 7) is 2.78. The average molecular weight is 366 g/mol. The highest BCUT2D eigenvalue weighted by Crippen LogP contribution is 2.20. The molecule has 2 aromatic carbocycles. The first-order valence-corrected chi connectivity index (χ1v) is 8.76. The van der Waals surface area contributed by atoms with Crippen LogP contribution in [0.3, 0.4) is 0 Å². The molecule has 0 atom stereocenters. The smallest absolute Gasteiger partial charge is 0.337 e. The molecular formula is C21H22N2O4. The lowest BCUT2D eigenvalue weighted by molar-refractivity contribution is -0.126. The van der Waals surface area contributed by atoms with Gasteiger partial charge in [-0.3, -0.25) is 4.79 Å². The van der Waals surface area contributed by atoms with E-state index in [1.54, 1.807) is 48.6 Å². The fourth-order valence-corrected chi connectivity index (χ4v) is 2.97. The average Bonchev–Trinajstić information content (AvgIpc) is 2.72. The Morgan fingerprint density at radius 1 is 0.963 bits per heavy atom. The van der Waals surface area contributed by atoms with Crippen LogP contribution < -0.4 is 4.90 Å². The second kappa shape index (κ2) is 8.40. The van der Waals surface area contributed by atoms with Crippen LogP contribution in [-0.4, -0.2) is 55.2 Å². The SMILES string of the molecule is COC(=O)c1ccc(/C=C/C(=O)N2CCN(c3ccc(O)cc3)CC2)cc1. The van der Waals surface area contributed by atoms with E-state index in [0.717, 1.165) is 24.3 Å². The Hall–Kier alpha value is -3.28. The van der Waals surface area contributed by atoms with Gasteiger partial charge in [0.1, 0.15) is 5.75 Å². The number of rotatable bonds is 4. The number of piperazine rings is 1. The minimum atomic E-state index is -0.381. The van der Waals surface area contributed by atoms with E-state index in [2.05, 4.69) is 9.64 Å². The predicted molar refractivity (Wildman–Crippen MR) is 104 cm³/mol. The topological polar surface area (TPSA) is 70.1 Å². The number of carbonyl (C=O) groups is 2. The van der Waals surface area contributed by atoms with Gasteiger partial charge in [-0.2, -0.15) is 0 Å². The molecule has 0 radical (unpaired) electrons. The van der Waals surface area contributed by atoms with E-state index in [0.29, 0.717) is 18.7 Å². The van der Waals surface area contributed by atoms with Crippen molar-refractivity contribution < 1.29 is 19.4 Å². The number of anilines is 1. The minimum absolute atomic E-state index is 0.0302. The van der Waals surface area contributed by atoms with Crippen molar-refractivity contribution in [1.82, 2.24) is 4.90 Å². The van der Waals surface area contributed by atoms with E-state index in [1.807, 2.05) is 17.0 Å². The van der Waals surface area contributed by atoms with Crippen LogP contribution in [0.2, 0.25) is 0 Å². The fourth-order valence-electron chi connectivity index (χ4n) is 2.97. The van der Waals surface area contributed by atoms with Gasteiger partial charge in [0.15, 0.2) is 0 Å². The molecule has 0 unspecified atom stereocenters. The number of methoxy groups -OCH3 is 1. The molecule has 1 heterocycles. The molecule has 0 bridgehead atoms. The van der Waals surface area contributed by atoms with Crippen LogP contribution in [0.4, 0.5) is 5.69 Å². The summed E-state index contributed by atoms with van der Waals surface area (Å²) in [7, 11) is 1.34. The number of phenolic OH excluding ortho intramolecular Hbond substituents is 1. The molecule has 1 N–H and O–H groups in total. The van der Waals surface area contributed by atoms with Crippen LogP contribution in [0.5, 0.6) is 5.75 Å². The minimum Gasteiger partial charge on any atom is -0.508 e. The van der Waals surface area contributed by atoms with E-state index < -0.39 is 0 Å². The van der Waals surface area contributed by atoms with Crippen molar-refractivity contribution in [1.29, 1.82) is 0 Å². The molecule has 2 aromatic rings. The highest BCUT2D eigenvalue weighted by Gasteiger charge is 2.19. The number of carbonyl (C=O) groups excluding carboxylic acids is 2. The zero-order valence-corrected chi connectivity index (χ0v) is 15.2. The summed E-state index contributed by atoms with van der Waals surface area (Å²) < 4.78 is 4.67. The van der Waals surface area contributed by atoms with Crippen molar-refractivity contribution in [2.75, 3.05) is 38.2 Å². The van der Waals surface area contributed by atoms with Crippen LogP contribution >= 0.6 is 0 Å². The van der Waals surface area contributed by atoms with Crippen LogP contribution in [0, 0.1) is 0 Å². The van der Waals surface area contributed by atoms with Gasteiger partial charge in [-0.05, 0) is 48.0 Å². The molecule has 6 nitrogen and oxygen atoms in total. The van der Waals surface area contributed by atoms with Crippen LogP contribution in [0.1, 0.15) is 15.9 Å². The second-order valence-corrected chi connectivity index (χ2v) is 6.28. The molecule has 27 heavy (non-hydrogen) atoms. The van der Waals surface area contributed by atoms with Gasteiger partial charge >= 0.3 is 5.97 Å². The monoisotopic (exact) mass is 366 g/mol. The lowest BCUT2D eigenvalue weighted by Crippen LogP contribution is -2.48. The second-order valence-electron chi connectivity index (χ2n) is 6.28. The third-order valence-corrected chi connectivity index (χ3v) is 4.56. The molecule has 1 aliphatic rings. The quantitative estimate of drug-likeness (QED) is 0.665. The highest BCUT2D eigenvalue weighted by atomic mass is 16.5. The summed E-state index contributed by atoms with van der Waals surface area (Å²) in [5.41, 5.74) is 2.37. The summed E-state index contributed by atoms with van der Waals surface area (Å²) >= 11 is 0. The zero-order chi connectivity index (χ0) is 19.2. The Morgan fingerprint density at radius 3 is 2.19 bits per heavy atom. The van der Waals surface area contributed by atoms with Gasteiger partial charge in [0.2, 0.25) is 5.91 Å². The van der Waals surface area contributed by atoms with Crippen molar-refractivity contribution in [2.45, 2.75) is 0 Å². The molecule has 6 heteroatoms. The van der Waals surface area contributed by atoms with E-state index in [-0.39, 0.29) is 17.6 Å². The number of amides is 1. The number of aromatic hydroxyl groups is 1. The third kappa shape index (κ3) is 4.67. The van der Waals surface area contributed by atoms with Crippen LogP contribution in [0.15, 0.2) is 54.6 Å². The maximum atomic E-state index is 12.4. The molecular weight excluding hydrogens is 344 g/mol. The fraction of sp³-hybridized carbons (Fsp3) is 0.238. The Balaban J connectivity index is 1.54. The first-order valence-electron chi connectivity index (χ1n) is 8.76. The number of phenols is 1. The van der Waals surface area contributed by atoms with Crippen molar-refractivity contribution in [2.24, 2.45) is 0 Å². The van der Waals surface area contributed by atoms with Crippen molar-refractivity contribution in [3.63, 3.8) is 0 Å². The number of benzene rings is 2. The van der Waals surface area contributed by atoms with Crippen molar-refractivity contribution in [3.8, 4) is 5.75 Å². The lowest BCUT2D eigenvalue weighted by atomic mass is 10.1. The lowest BCUT2D eigenvalue weighted by Gasteiger charge is -2.35. The number of nitrogens with zero attached hydrogens (tertiary/aromatic N) is 2. The molecule has 0 aromatic heterocycles. The standard InChI is InChI=1S/C21H22N2O4/c1-27-21(26)17-5-2-16(3-6-17)4-11-20(25)23-14-12-22(13-15-23)18-7-9-19(24)10-8-18/h2-11,24H,12-15H2,1H3/b11-4+. The zero-order valence-electron chi connectivity index (χ0n) is 15.2. The molecule has 1 aliphatic heterocycles. The van der Waals surface area contributed by atoms with Crippen LogP contribution in [0.25, 0.3) is 6.08 Å². The van der Waals surface area contributed by atoms with Gasteiger partial charge in [-0.25, -0.2) is 4.79 Å². The molecule has 1 amide bonds. The Morgan fingerprint density at radius 2 is 1.59 bits per heavy atom. The van der Waals surface area contributed by atoms with E-state index >= 15 is 0 Å². The largest absolute Gasteiger partial charge is 0.508 e. The number of hydrogen-bond acceptors (Lipinski definition) is 5. The van der Waals surface area contributed by atoms with E-state index in [4.69, 9.17) is 0 Å². The third-order valence-electron chi connectivity index (χ3n) is 4.56. The molecule has 140 valence electrons. The molecule has 0 saturated carbocycles.